The maximum atomic E-state index is 4.10. The van der Waals surface area contributed by atoms with Crippen LogP contribution in [0.3, 0.4) is 0 Å². The molecule has 1 atom stereocenters. The lowest BCUT2D eigenvalue weighted by Crippen LogP contribution is -2.21. The molecule has 72 valence electrons. The highest BCUT2D eigenvalue weighted by Gasteiger charge is 2.07. The van der Waals surface area contributed by atoms with Gasteiger partial charge in [0.1, 0.15) is 0 Å². The smallest absolute Gasteiger partial charge is 0.0558 e. The molecule has 0 saturated heterocycles. The van der Waals surface area contributed by atoms with Gasteiger partial charge in [-0.1, -0.05) is 13.8 Å². The van der Waals surface area contributed by atoms with E-state index in [1.54, 1.807) is 0 Å². The molecular weight excluding hydrogens is 160 g/mol. The Morgan fingerprint density at radius 3 is 2.54 bits per heavy atom. The topological polar surface area (TPSA) is 24.9 Å². The maximum absolute atomic E-state index is 4.10. The highest BCUT2D eigenvalue weighted by atomic mass is 14.9. The second-order valence-corrected chi connectivity index (χ2v) is 3.87. The van der Waals surface area contributed by atoms with Gasteiger partial charge in [0.25, 0.3) is 0 Å². The van der Waals surface area contributed by atoms with E-state index in [-0.39, 0.29) is 0 Å². The van der Waals surface area contributed by atoms with Gasteiger partial charge in [0.15, 0.2) is 0 Å². The van der Waals surface area contributed by atoms with Crippen molar-refractivity contribution in [3.8, 4) is 0 Å². The number of anilines is 1. The minimum Gasteiger partial charge on any atom is -0.381 e. The summed E-state index contributed by atoms with van der Waals surface area (Å²) in [5, 5.41) is 3.45. The molecule has 0 bridgehead atoms. The monoisotopic (exact) mass is 178 g/mol. The van der Waals surface area contributed by atoms with E-state index in [9.17, 15) is 0 Å². The van der Waals surface area contributed by atoms with E-state index in [1.165, 1.54) is 5.56 Å². The lowest BCUT2D eigenvalue weighted by molar-refractivity contribution is 0.559. The van der Waals surface area contributed by atoms with Crippen LogP contribution < -0.4 is 5.32 Å². The van der Waals surface area contributed by atoms with Gasteiger partial charge in [0.05, 0.1) is 11.9 Å². The van der Waals surface area contributed by atoms with Crippen LogP contribution in [0, 0.1) is 12.8 Å². The lowest BCUT2D eigenvalue weighted by atomic mass is 10.1. The first-order valence-corrected chi connectivity index (χ1v) is 4.78. The molecule has 2 nitrogen and oxygen atoms in total. The molecule has 1 aromatic rings. The third-order valence-electron chi connectivity index (χ3n) is 2.42. The van der Waals surface area contributed by atoms with Gasteiger partial charge in [-0.2, -0.15) is 0 Å². The number of aryl methyl sites for hydroxylation is 1. The van der Waals surface area contributed by atoms with E-state index in [0.29, 0.717) is 12.0 Å². The van der Waals surface area contributed by atoms with E-state index in [0.717, 1.165) is 5.69 Å². The Bertz CT molecular complexity index is 269. The molecule has 0 fully saturated rings. The Morgan fingerprint density at radius 1 is 1.31 bits per heavy atom. The summed E-state index contributed by atoms with van der Waals surface area (Å²) in [5.41, 5.74) is 2.39. The zero-order valence-electron chi connectivity index (χ0n) is 8.83. The first-order valence-electron chi connectivity index (χ1n) is 4.78. The van der Waals surface area contributed by atoms with Crippen molar-refractivity contribution >= 4 is 5.69 Å². The fraction of sp³-hybridized carbons (Fsp3) is 0.545. The molecule has 0 spiro atoms. The third kappa shape index (κ3) is 2.72. The van der Waals surface area contributed by atoms with Gasteiger partial charge in [-0.05, 0) is 31.4 Å². The first kappa shape index (κ1) is 10.0. The number of aromatic nitrogens is 1. The first-order chi connectivity index (χ1) is 6.11. The van der Waals surface area contributed by atoms with E-state index < -0.39 is 0 Å². The summed E-state index contributed by atoms with van der Waals surface area (Å²) in [7, 11) is 0. The number of nitrogens with zero attached hydrogens (tertiary/aromatic N) is 1. The standard InChI is InChI=1S/C11H18N2/c1-8(2)10(4)13-11-7-12-6-5-9(11)3/h5-8,10,13H,1-4H3/t10-/m1/s1. The predicted octanol–water partition coefficient (Wildman–Crippen LogP) is 2.85. The molecule has 2 heteroatoms. The van der Waals surface area contributed by atoms with Gasteiger partial charge in [0, 0.05) is 12.2 Å². The molecule has 0 radical (unpaired) electrons. The molecule has 0 amide bonds. The third-order valence-corrected chi connectivity index (χ3v) is 2.42. The second kappa shape index (κ2) is 4.26. The van der Waals surface area contributed by atoms with Gasteiger partial charge in [-0.3, -0.25) is 4.98 Å². The van der Waals surface area contributed by atoms with Gasteiger partial charge in [0.2, 0.25) is 0 Å². The molecule has 0 unspecified atom stereocenters. The SMILES string of the molecule is Cc1ccncc1N[C@H](C)C(C)C. The molecule has 0 aliphatic carbocycles. The van der Waals surface area contributed by atoms with Crippen LogP contribution in [0.25, 0.3) is 0 Å². The van der Waals surface area contributed by atoms with Gasteiger partial charge in [-0.25, -0.2) is 0 Å². The highest BCUT2D eigenvalue weighted by Crippen LogP contribution is 2.15. The minimum atomic E-state index is 0.489. The summed E-state index contributed by atoms with van der Waals surface area (Å²) in [6.07, 6.45) is 3.70. The zero-order chi connectivity index (χ0) is 9.84. The highest BCUT2D eigenvalue weighted by molar-refractivity contribution is 5.48. The summed E-state index contributed by atoms with van der Waals surface area (Å²) < 4.78 is 0. The molecular formula is C11H18N2. The number of pyridine rings is 1. The maximum Gasteiger partial charge on any atom is 0.0558 e. The summed E-state index contributed by atoms with van der Waals surface area (Å²) in [5.74, 6) is 0.639. The fourth-order valence-corrected chi connectivity index (χ4v) is 1.03. The molecule has 13 heavy (non-hydrogen) atoms. The van der Waals surface area contributed by atoms with Crippen molar-refractivity contribution in [2.24, 2.45) is 5.92 Å². The Morgan fingerprint density at radius 2 is 2.00 bits per heavy atom. The van der Waals surface area contributed by atoms with Crippen LogP contribution in [0.15, 0.2) is 18.5 Å². The van der Waals surface area contributed by atoms with Gasteiger partial charge >= 0.3 is 0 Å². The summed E-state index contributed by atoms with van der Waals surface area (Å²) >= 11 is 0. The second-order valence-electron chi connectivity index (χ2n) is 3.87. The van der Waals surface area contributed by atoms with Crippen LogP contribution in [0.5, 0.6) is 0 Å². The molecule has 1 N–H and O–H groups in total. The summed E-state index contributed by atoms with van der Waals surface area (Å²) in [4.78, 5) is 4.10. The van der Waals surface area contributed by atoms with Crippen LogP contribution in [-0.4, -0.2) is 11.0 Å². The fourth-order valence-electron chi connectivity index (χ4n) is 1.03. The molecule has 1 aromatic heterocycles. The van der Waals surface area contributed by atoms with E-state index in [4.69, 9.17) is 0 Å². The van der Waals surface area contributed by atoms with Crippen molar-refractivity contribution in [1.29, 1.82) is 0 Å². The van der Waals surface area contributed by atoms with Gasteiger partial charge in [-0.15, -0.1) is 0 Å². The number of hydrogen-bond donors (Lipinski definition) is 1. The van der Waals surface area contributed by atoms with Crippen molar-refractivity contribution in [1.82, 2.24) is 4.98 Å². The van der Waals surface area contributed by atoms with Crippen molar-refractivity contribution in [2.75, 3.05) is 5.32 Å². The molecule has 0 aromatic carbocycles. The van der Waals surface area contributed by atoms with Crippen LogP contribution >= 0.6 is 0 Å². The van der Waals surface area contributed by atoms with Gasteiger partial charge < -0.3 is 5.32 Å². The van der Waals surface area contributed by atoms with Crippen LogP contribution in [0.1, 0.15) is 26.3 Å². The van der Waals surface area contributed by atoms with E-state index >= 15 is 0 Å². The largest absolute Gasteiger partial charge is 0.381 e. The Kier molecular flexibility index (Phi) is 3.29. The number of nitrogens with one attached hydrogen (secondary N) is 1. The van der Waals surface area contributed by atoms with Crippen LogP contribution in [0.4, 0.5) is 5.69 Å². The Hall–Kier alpha value is -1.05. The summed E-state index contributed by atoms with van der Waals surface area (Å²) in [6.45, 7) is 8.71. The number of rotatable bonds is 3. The average Bonchev–Trinajstić information content (AvgIpc) is 2.08. The lowest BCUT2D eigenvalue weighted by Gasteiger charge is -2.19. The zero-order valence-corrected chi connectivity index (χ0v) is 8.83. The van der Waals surface area contributed by atoms with E-state index in [1.807, 2.05) is 18.5 Å². The van der Waals surface area contributed by atoms with Crippen molar-refractivity contribution in [3.63, 3.8) is 0 Å². The summed E-state index contributed by atoms with van der Waals surface area (Å²) in [6, 6.07) is 2.51. The van der Waals surface area contributed by atoms with Crippen molar-refractivity contribution < 1.29 is 0 Å². The molecule has 0 aliphatic rings. The van der Waals surface area contributed by atoms with Crippen molar-refractivity contribution in [2.45, 2.75) is 33.7 Å². The van der Waals surface area contributed by atoms with Crippen molar-refractivity contribution in [3.05, 3.63) is 24.0 Å². The molecule has 0 saturated carbocycles. The van der Waals surface area contributed by atoms with E-state index in [2.05, 4.69) is 38.0 Å². The normalized spacial score (nSPS) is 13.0. The molecule has 0 aliphatic heterocycles. The Labute approximate surface area is 80.4 Å². The quantitative estimate of drug-likeness (QED) is 0.769. The molecule has 1 rings (SSSR count). The van der Waals surface area contributed by atoms with Crippen LogP contribution in [-0.2, 0) is 0 Å². The van der Waals surface area contributed by atoms with Crippen LogP contribution in [0.2, 0.25) is 0 Å². The average molecular weight is 178 g/mol. The number of hydrogen-bond acceptors (Lipinski definition) is 2. The Balaban J connectivity index is 2.69. The predicted molar refractivity (Wildman–Crippen MR) is 56.9 cm³/mol. The molecule has 1 heterocycles. The minimum absolute atomic E-state index is 0.489.